The van der Waals surface area contributed by atoms with Crippen molar-refractivity contribution in [2.45, 2.75) is 18.6 Å². The molecule has 3 N–H and O–H groups in total. The Hall–Kier alpha value is -1.43. The lowest BCUT2D eigenvalue weighted by Crippen LogP contribution is -2.26. The van der Waals surface area contributed by atoms with Crippen LogP contribution >= 0.6 is 11.8 Å². The van der Waals surface area contributed by atoms with Gasteiger partial charge in [0.15, 0.2) is 5.69 Å². The van der Waals surface area contributed by atoms with Crippen LogP contribution in [0.4, 0.5) is 11.5 Å². The number of nitrogens with one attached hydrogen (secondary N) is 1. The molecule has 1 aromatic heterocycles. The van der Waals surface area contributed by atoms with Crippen molar-refractivity contribution in [1.82, 2.24) is 4.98 Å². The molecular weight excluding hydrogens is 250 g/mol. The van der Waals surface area contributed by atoms with Gasteiger partial charge >= 0.3 is 5.97 Å². The normalized spacial score (nSPS) is 11.1. The molecule has 0 atom stereocenters. The average molecular weight is 269 g/mol. The van der Waals surface area contributed by atoms with Gasteiger partial charge in [-0.2, -0.15) is 11.8 Å². The molecule has 6 heteroatoms. The van der Waals surface area contributed by atoms with Crippen molar-refractivity contribution >= 4 is 29.2 Å². The molecule has 0 bridgehead atoms. The van der Waals surface area contributed by atoms with E-state index in [1.807, 2.05) is 6.26 Å². The minimum Gasteiger partial charge on any atom is -0.464 e. The summed E-state index contributed by atoms with van der Waals surface area (Å²) in [5, 5.41) is 3.16. The van der Waals surface area contributed by atoms with Crippen LogP contribution in [-0.4, -0.2) is 35.6 Å². The molecule has 5 nitrogen and oxygen atoms in total. The molecule has 0 aliphatic rings. The van der Waals surface area contributed by atoms with Crippen LogP contribution in [0.3, 0.4) is 0 Å². The van der Waals surface area contributed by atoms with Crippen LogP contribution in [0.2, 0.25) is 0 Å². The first kappa shape index (κ1) is 14.6. The number of anilines is 2. The molecule has 0 saturated heterocycles. The van der Waals surface area contributed by atoms with Crippen LogP contribution in [0, 0.1) is 0 Å². The molecule has 0 aliphatic carbocycles. The van der Waals surface area contributed by atoms with Gasteiger partial charge < -0.3 is 15.8 Å². The first-order chi connectivity index (χ1) is 8.39. The molecule has 1 aromatic rings. The van der Waals surface area contributed by atoms with Gasteiger partial charge in [-0.15, -0.1) is 0 Å². The Bertz CT molecular complexity index is 435. The number of thioether (sulfide) groups is 1. The van der Waals surface area contributed by atoms with E-state index in [1.165, 1.54) is 7.11 Å². The van der Waals surface area contributed by atoms with Crippen molar-refractivity contribution in [1.29, 1.82) is 0 Å². The van der Waals surface area contributed by atoms with E-state index in [-0.39, 0.29) is 10.4 Å². The Labute approximate surface area is 111 Å². The van der Waals surface area contributed by atoms with Crippen molar-refractivity contribution in [2.75, 3.05) is 31.0 Å². The number of methoxy groups -OCH3 is 1. The fourth-order valence-electron chi connectivity index (χ4n) is 1.20. The largest absolute Gasteiger partial charge is 0.464 e. The Morgan fingerprint density at radius 1 is 1.56 bits per heavy atom. The summed E-state index contributed by atoms with van der Waals surface area (Å²) >= 11 is 1.74. The monoisotopic (exact) mass is 269 g/mol. The molecule has 0 radical (unpaired) electrons. The highest BCUT2D eigenvalue weighted by Gasteiger charge is 2.17. The molecule has 100 valence electrons. The third-order valence-corrected chi connectivity index (χ3v) is 3.80. The summed E-state index contributed by atoms with van der Waals surface area (Å²) in [6.07, 6.45) is 2.04. The third-order valence-electron chi connectivity index (χ3n) is 2.56. The predicted octanol–water partition coefficient (Wildman–Crippen LogP) is 2.00. The van der Waals surface area contributed by atoms with E-state index >= 15 is 0 Å². The highest BCUT2D eigenvalue weighted by atomic mass is 32.2. The van der Waals surface area contributed by atoms with Crippen molar-refractivity contribution in [3.05, 3.63) is 17.8 Å². The van der Waals surface area contributed by atoms with Crippen molar-refractivity contribution in [3.8, 4) is 0 Å². The maximum atomic E-state index is 11.4. The van der Waals surface area contributed by atoms with E-state index in [9.17, 15) is 4.79 Å². The fraction of sp³-hybridized carbons (Fsp3) is 0.500. The van der Waals surface area contributed by atoms with E-state index < -0.39 is 5.97 Å². The number of nitrogen functional groups attached to an aromatic ring is 1. The lowest BCUT2D eigenvalue weighted by atomic mass is 10.2. The topological polar surface area (TPSA) is 77.2 Å². The smallest absolute Gasteiger partial charge is 0.356 e. The Kier molecular flexibility index (Phi) is 4.84. The number of hydrogen-bond donors (Lipinski definition) is 2. The molecule has 0 fully saturated rings. The Morgan fingerprint density at radius 3 is 2.78 bits per heavy atom. The number of pyridine rings is 1. The molecule has 1 rings (SSSR count). The summed E-state index contributed by atoms with van der Waals surface area (Å²) in [5.74, 6) is 0.0437. The number of rotatable bonds is 5. The predicted molar refractivity (Wildman–Crippen MR) is 76.1 cm³/mol. The van der Waals surface area contributed by atoms with E-state index in [0.29, 0.717) is 18.1 Å². The maximum Gasteiger partial charge on any atom is 0.356 e. The van der Waals surface area contributed by atoms with Crippen LogP contribution in [0.15, 0.2) is 12.1 Å². The summed E-state index contributed by atoms with van der Waals surface area (Å²) in [6.45, 7) is 4.94. The van der Waals surface area contributed by atoms with Gasteiger partial charge in [0.1, 0.15) is 5.82 Å². The van der Waals surface area contributed by atoms with Crippen molar-refractivity contribution in [2.24, 2.45) is 0 Å². The van der Waals surface area contributed by atoms with Gasteiger partial charge in [-0.1, -0.05) is 0 Å². The number of carbonyl (C=O) groups is 1. The van der Waals surface area contributed by atoms with E-state index in [4.69, 9.17) is 5.73 Å². The van der Waals surface area contributed by atoms with Gasteiger partial charge in [-0.05, 0) is 32.2 Å². The average Bonchev–Trinajstić information content (AvgIpc) is 2.37. The zero-order chi connectivity index (χ0) is 13.8. The van der Waals surface area contributed by atoms with Gasteiger partial charge in [0, 0.05) is 11.3 Å². The molecule has 0 saturated carbocycles. The molecule has 0 spiro atoms. The van der Waals surface area contributed by atoms with Crippen LogP contribution < -0.4 is 11.1 Å². The number of carbonyl (C=O) groups excluding carboxylic acids is 1. The molecule has 0 aromatic carbocycles. The summed E-state index contributed by atoms with van der Waals surface area (Å²) < 4.78 is 4.69. The van der Waals surface area contributed by atoms with Crippen LogP contribution in [0.25, 0.3) is 0 Å². The number of ether oxygens (including phenoxy) is 1. The summed E-state index contributed by atoms with van der Waals surface area (Å²) in [4.78, 5) is 15.5. The maximum absolute atomic E-state index is 11.4. The van der Waals surface area contributed by atoms with Gasteiger partial charge in [-0.25, -0.2) is 9.78 Å². The highest BCUT2D eigenvalue weighted by molar-refractivity contribution is 7.99. The highest BCUT2D eigenvalue weighted by Crippen LogP contribution is 2.23. The minimum absolute atomic E-state index is 0.0649. The number of nitrogens with two attached hydrogens (primary N) is 1. The third kappa shape index (κ3) is 3.80. The van der Waals surface area contributed by atoms with Crippen LogP contribution in [0.1, 0.15) is 24.3 Å². The van der Waals surface area contributed by atoms with Crippen molar-refractivity contribution in [3.63, 3.8) is 0 Å². The van der Waals surface area contributed by atoms with Crippen LogP contribution in [0.5, 0.6) is 0 Å². The van der Waals surface area contributed by atoms with E-state index in [1.54, 1.807) is 23.9 Å². The molecule has 0 aliphatic heterocycles. The molecule has 0 amide bonds. The lowest BCUT2D eigenvalue weighted by molar-refractivity contribution is 0.0594. The van der Waals surface area contributed by atoms with Crippen LogP contribution in [-0.2, 0) is 4.74 Å². The number of hydrogen-bond acceptors (Lipinski definition) is 6. The second kappa shape index (κ2) is 5.95. The molecule has 18 heavy (non-hydrogen) atoms. The summed E-state index contributed by atoms with van der Waals surface area (Å²) in [5.41, 5.74) is 6.58. The number of esters is 1. The number of aromatic nitrogens is 1. The second-order valence-electron chi connectivity index (χ2n) is 4.44. The zero-order valence-electron chi connectivity index (χ0n) is 11.1. The Balaban J connectivity index is 2.85. The molecule has 0 unspecified atom stereocenters. The first-order valence-electron chi connectivity index (χ1n) is 5.53. The first-order valence-corrected chi connectivity index (χ1v) is 6.76. The Morgan fingerprint density at radius 2 is 2.22 bits per heavy atom. The van der Waals surface area contributed by atoms with Crippen molar-refractivity contribution < 1.29 is 9.53 Å². The molecule has 1 heterocycles. The number of nitrogens with zero attached hydrogens (tertiary/aromatic N) is 1. The quantitative estimate of drug-likeness (QED) is 0.796. The lowest BCUT2D eigenvalue weighted by Gasteiger charge is -2.23. The zero-order valence-corrected chi connectivity index (χ0v) is 11.9. The van der Waals surface area contributed by atoms with E-state index in [0.717, 1.165) is 0 Å². The standard InChI is InChI=1S/C12H19N3O2S/c1-12(2,18-4)7-14-10-8(13)5-6-9(15-10)11(16)17-3/h5-6H,7,13H2,1-4H3,(H,14,15). The van der Waals surface area contributed by atoms with E-state index in [2.05, 4.69) is 28.9 Å². The second-order valence-corrected chi connectivity index (χ2v) is 5.96. The molecular formula is C12H19N3O2S. The SMILES string of the molecule is COC(=O)c1ccc(N)c(NCC(C)(C)SC)n1. The van der Waals surface area contributed by atoms with Gasteiger partial charge in [0.05, 0.1) is 12.8 Å². The van der Waals surface area contributed by atoms with Gasteiger partial charge in [0.25, 0.3) is 0 Å². The van der Waals surface area contributed by atoms with Gasteiger partial charge in [0.2, 0.25) is 0 Å². The minimum atomic E-state index is -0.470. The summed E-state index contributed by atoms with van der Waals surface area (Å²) in [7, 11) is 1.32. The van der Waals surface area contributed by atoms with Gasteiger partial charge in [-0.3, -0.25) is 0 Å². The summed E-state index contributed by atoms with van der Waals surface area (Å²) in [6, 6.07) is 3.19. The fourth-order valence-corrected chi connectivity index (χ4v) is 1.42.